The molecule has 0 amide bonds. The third kappa shape index (κ3) is 76.9. The number of rotatable bonds is 75. The number of carbonyl (C=O) groups excluding carboxylic acids is 3. The first-order valence-electron chi connectivity index (χ1n) is 39.8. The Morgan fingerprint density at radius 2 is 0.525 bits per heavy atom. The molecule has 16 nitrogen and oxygen atoms in total. The van der Waals surface area contributed by atoms with E-state index in [0.717, 1.165) is 154 Å². The molecule has 0 aliphatic carbocycles. The van der Waals surface area contributed by atoms with Crippen LogP contribution in [-0.2, 0) is 55.8 Å². The van der Waals surface area contributed by atoms with Gasteiger partial charge >= 0.3 is 33.6 Å². The molecule has 0 aromatic rings. The van der Waals surface area contributed by atoms with Gasteiger partial charge in [-0.1, -0.05) is 322 Å². The zero-order chi connectivity index (χ0) is 73.7. The summed E-state index contributed by atoms with van der Waals surface area (Å²) in [5.74, 6) is -1.58. The monoisotopic (exact) mass is 1460 g/mol. The minimum absolute atomic E-state index is 0.104. The zero-order valence-corrected chi connectivity index (χ0v) is 65.3. The maximum Gasteiger partial charge on any atom is 0.472 e. The lowest BCUT2D eigenvalue weighted by Gasteiger charge is -2.21. The summed E-state index contributed by atoms with van der Waals surface area (Å²) in [5.41, 5.74) is 0. The minimum Gasteiger partial charge on any atom is -0.463 e. The predicted molar refractivity (Wildman–Crippen MR) is 417 cm³/mol. The summed E-state index contributed by atoms with van der Waals surface area (Å²) < 4.78 is 61.1. The first kappa shape index (κ1) is 97.0. The number of hydrogen-bond donors (Lipinski definition) is 4. The Morgan fingerprint density at radius 3 is 0.832 bits per heavy atom. The van der Waals surface area contributed by atoms with Gasteiger partial charge in [0.15, 0.2) is 6.10 Å². The van der Waals surface area contributed by atoms with Crippen LogP contribution in [0.25, 0.3) is 0 Å². The second-order valence-corrected chi connectivity index (χ2v) is 29.4. The standard InChI is InChI=1S/C83H144O16P2/c1-4-7-10-13-16-19-22-25-27-29-31-32-33-34-35-36-37-38-39-40-41-42-43-44-46-48-49-52-54-57-60-63-66-69-81(86)93-72-78(84)73-95-100(89,90)96-74-79(85)75-97-101(91,92)98-77-80(99-83(88)71-68-65-62-59-56-51-24-21-18-15-12-9-6-3)76-94-82(87)70-67-64-61-58-55-53-50-47-45-30-28-26-23-20-17-14-11-8-5-2/h7-8,10-11,16-17,19-20,25-28,31-32,34-35,37-38,45,47,78-80,84-85H,4-6,9,12-15,18,21-24,29-30,33,36,39-44,46,48-77H2,1-3H3,(H,89,90)(H,91,92)/b10-7-,11-8-,19-16-,20-17-,27-25-,28-26-,32-31-,35-34-,38-37-,47-45-. The third-order valence-electron chi connectivity index (χ3n) is 16.7. The van der Waals surface area contributed by atoms with Crippen molar-refractivity contribution in [3.8, 4) is 0 Å². The number of ether oxygens (including phenoxy) is 3. The van der Waals surface area contributed by atoms with E-state index >= 15 is 0 Å². The lowest BCUT2D eigenvalue weighted by molar-refractivity contribution is -0.161. The van der Waals surface area contributed by atoms with Crippen LogP contribution in [0.1, 0.15) is 329 Å². The molecule has 0 aliphatic heterocycles. The molecule has 0 aromatic carbocycles. The van der Waals surface area contributed by atoms with Crippen LogP contribution in [-0.4, -0.2) is 95.9 Å². The Balaban J connectivity index is 4.41. The predicted octanol–water partition coefficient (Wildman–Crippen LogP) is 23.3. The SMILES string of the molecule is CC/C=C\C/C=C\C/C=C\C/C=C\C/C=C\C/C=C\CCCCCCCCCCCCCCCCC(=O)OCC(O)COP(=O)(O)OCC(O)COP(=O)(O)OCC(COC(=O)CCCCCCCC/C=C\C/C=C\C/C=C\C/C=C\CC)OC(=O)CCCCCCCCCCCCCCC. The molecular formula is C83H144O16P2. The van der Waals surface area contributed by atoms with E-state index in [4.69, 9.17) is 32.3 Å². The van der Waals surface area contributed by atoms with Crippen LogP contribution in [0, 0.1) is 0 Å². The van der Waals surface area contributed by atoms with Crippen LogP contribution in [0.3, 0.4) is 0 Å². The van der Waals surface area contributed by atoms with Crippen molar-refractivity contribution in [2.24, 2.45) is 0 Å². The fraction of sp³-hybridized carbons (Fsp3) is 0.723. The molecule has 5 atom stereocenters. The summed E-state index contributed by atoms with van der Waals surface area (Å²) in [4.78, 5) is 58.6. The van der Waals surface area contributed by atoms with Gasteiger partial charge in [-0.2, -0.15) is 0 Å². The number of unbranched alkanes of at least 4 members (excludes halogenated alkanes) is 32. The average Bonchev–Trinajstić information content (AvgIpc) is 0.933. The number of phosphoric acid groups is 2. The van der Waals surface area contributed by atoms with Crippen LogP contribution in [0.2, 0.25) is 0 Å². The lowest BCUT2D eigenvalue weighted by atomic mass is 10.0. The van der Waals surface area contributed by atoms with E-state index in [1.54, 1.807) is 0 Å². The highest BCUT2D eigenvalue weighted by molar-refractivity contribution is 7.47. The molecular weight excluding hydrogens is 1310 g/mol. The number of hydrogen-bond acceptors (Lipinski definition) is 14. The van der Waals surface area contributed by atoms with Crippen LogP contribution in [0.5, 0.6) is 0 Å². The zero-order valence-electron chi connectivity index (χ0n) is 63.5. The number of phosphoric ester groups is 2. The van der Waals surface area contributed by atoms with Crippen molar-refractivity contribution in [2.45, 2.75) is 347 Å². The second kappa shape index (κ2) is 75.6. The highest BCUT2D eigenvalue weighted by atomic mass is 31.2. The number of allylic oxidation sites excluding steroid dienone is 20. The van der Waals surface area contributed by atoms with Crippen molar-refractivity contribution in [2.75, 3.05) is 39.6 Å². The Kier molecular flexibility index (Phi) is 72.6. The molecule has 4 N–H and O–H groups in total. The fourth-order valence-electron chi connectivity index (χ4n) is 10.7. The average molecular weight is 1460 g/mol. The van der Waals surface area contributed by atoms with Crippen molar-refractivity contribution in [1.29, 1.82) is 0 Å². The summed E-state index contributed by atoms with van der Waals surface area (Å²) >= 11 is 0. The Labute approximate surface area is 614 Å². The maximum atomic E-state index is 12.9. The van der Waals surface area contributed by atoms with E-state index in [0.29, 0.717) is 19.3 Å². The highest BCUT2D eigenvalue weighted by Gasteiger charge is 2.29. The number of esters is 3. The molecule has 5 unspecified atom stereocenters. The summed E-state index contributed by atoms with van der Waals surface area (Å²) in [7, 11) is -9.78. The van der Waals surface area contributed by atoms with E-state index in [9.17, 15) is 43.5 Å². The molecule has 0 aromatic heterocycles. The van der Waals surface area contributed by atoms with Crippen molar-refractivity contribution < 1.29 is 75.8 Å². The summed E-state index contributed by atoms with van der Waals surface area (Å²) in [6.45, 7) is 2.46. The number of carbonyl (C=O) groups is 3. The molecule has 18 heteroatoms. The molecule has 0 radical (unpaired) electrons. The number of aliphatic hydroxyl groups excluding tert-OH is 2. The molecule has 0 spiro atoms. The Bertz CT molecular complexity index is 2320. The first-order chi connectivity index (χ1) is 49.2. The van der Waals surface area contributed by atoms with E-state index in [2.05, 4.69) is 142 Å². The van der Waals surface area contributed by atoms with Gasteiger partial charge in [-0.05, 0) is 109 Å². The van der Waals surface area contributed by atoms with Gasteiger partial charge in [-0.15, -0.1) is 0 Å². The normalized spacial score (nSPS) is 14.6. The second-order valence-electron chi connectivity index (χ2n) is 26.5. The van der Waals surface area contributed by atoms with Gasteiger partial charge in [0, 0.05) is 19.3 Å². The van der Waals surface area contributed by atoms with Crippen LogP contribution < -0.4 is 0 Å². The van der Waals surface area contributed by atoms with Crippen molar-refractivity contribution in [3.63, 3.8) is 0 Å². The third-order valence-corrected chi connectivity index (χ3v) is 18.6. The highest BCUT2D eigenvalue weighted by Crippen LogP contribution is 2.45. The van der Waals surface area contributed by atoms with E-state index in [1.807, 2.05) is 0 Å². The van der Waals surface area contributed by atoms with Gasteiger partial charge < -0.3 is 34.2 Å². The van der Waals surface area contributed by atoms with Gasteiger partial charge in [-0.3, -0.25) is 32.5 Å². The van der Waals surface area contributed by atoms with Crippen molar-refractivity contribution in [3.05, 3.63) is 122 Å². The van der Waals surface area contributed by atoms with Gasteiger partial charge in [0.1, 0.15) is 25.4 Å². The molecule has 0 saturated heterocycles. The lowest BCUT2D eigenvalue weighted by Crippen LogP contribution is -2.30. The van der Waals surface area contributed by atoms with Gasteiger partial charge in [0.05, 0.1) is 26.4 Å². The molecule has 0 heterocycles. The quantitative estimate of drug-likeness (QED) is 0.0146. The smallest absolute Gasteiger partial charge is 0.463 e. The van der Waals surface area contributed by atoms with Gasteiger partial charge in [-0.25, -0.2) is 9.13 Å². The Morgan fingerprint density at radius 1 is 0.287 bits per heavy atom. The molecule has 0 bridgehead atoms. The summed E-state index contributed by atoms with van der Waals surface area (Å²) in [5, 5.41) is 20.6. The largest absolute Gasteiger partial charge is 0.472 e. The molecule has 0 rings (SSSR count). The Hall–Kier alpha value is -4.05. The molecule has 101 heavy (non-hydrogen) atoms. The molecule has 0 saturated carbocycles. The van der Waals surface area contributed by atoms with Gasteiger partial charge in [0.2, 0.25) is 0 Å². The van der Waals surface area contributed by atoms with Crippen LogP contribution in [0.4, 0.5) is 0 Å². The maximum absolute atomic E-state index is 12.9. The van der Waals surface area contributed by atoms with Crippen molar-refractivity contribution >= 4 is 33.6 Å². The first-order valence-corrected chi connectivity index (χ1v) is 42.8. The summed E-state index contributed by atoms with van der Waals surface area (Å²) in [6, 6.07) is 0. The minimum atomic E-state index is -4.93. The summed E-state index contributed by atoms with van der Waals surface area (Å²) in [6.07, 6.45) is 89.7. The van der Waals surface area contributed by atoms with Crippen molar-refractivity contribution in [1.82, 2.24) is 0 Å². The topological polar surface area (TPSA) is 231 Å². The van der Waals surface area contributed by atoms with E-state index in [1.165, 1.54) is 116 Å². The van der Waals surface area contributed by atoms with E-state index < -0.39 is 91.5 Å². The number of aliphatic hydroxyl groups is 2. The fourth-order valence-corrected chi connectivity index (χ4v) is 12.3. The van der Waals surface area contributed by atoms with Crippen LogP contribution in [0.15, 0.2) is 122 Å². The molecule has 0 aliphatic rings. The molecule has 0 fully saturated rings. The van der Waals surface area contributed by atoms with Gasteiger partial charge in [0.25, 0.3) is 0 Å². The molecule has 582 valence electrons. The van der Waals surface area contributed by atoms with E-state index in [-0.39, 0.29) is 19.3 Å². The van der Waals surface area contributed by atoms with Crippen LogP contribution >= 0.6 is 15.6 Å².